The SMILES string of the molecule is CN(C)CCC(=O)c1cc(N(C)C)c2c(c1O)C(O)=C1C(=O)[C@]3(O)C(O)=C(C(N)=O)C(=O)C[C@@H]3C[C@@H]1C2. The Labute approximate surface area is 213 Å². The van der Waals surface area contributed by atoms with Gasteiger partial charge in [0.2, 0.25) is 5.78 Å². The minimum Gasteiger partial charge on any atom is -0.508 e. The molecule has 198 valence electrons. The van der Waals surface area contributed by atoms with Crippen molar-refractivity contribution in [2.45, 2.75) is 31.3 Å². The number of primary amides is 1. The van der Waals surface area contributed by atoms with E-state index in [-0.39, 0.29) is 48.2 Å². The molecule has 1 fully saturated rings. The summed E-state index contributed by atoms with van der Waals surface area (Å²) in [6.45, 7) is 0.432. The van der Waals surface area contributed by atoms with E-state index in [1.54, 1.807) is 39.2 Å². The number of hydrogen-bond donors (Lipinski definition) is 5. The Balaban J connectivity index is 1.92. The molecule has 0 saturated heterocycles. The summed E-state index contributed by atoms with van der Waals surface area (Å²) in [5, 5.41) is 44.5. The number of hydrogen-bond acceptors (Lipinski definition) is 10. The standard InChI is InChI=1S/C26H31N3O8/c1-28(2)6-5-16(30)14-10-15(29(3)4)13-8-11-7-12-9-17(31)20(25(27)36)24(35)26(12,37)23(34)18(11)22(33)19(13)21(14)32/h10-12,32-33,35,37H,5-9H2,1-4H3,(H2,27,36)/t11-,12+,26+/m1/s1. The molecule has 0 bridgehead atoms. The van der Waals surface area contributed by atoms with E-state index in [2.05, 4.69) is 0 Å². The molecule has 0 unspecified atom stereocenters. The first-order valence-corrected chi connectivity index (χ1v) is 11.9. The van der Waals surface area contributed by atoms with Gasteiger partial charge < -0.3 is 36.0 Å². The topological polar surface area (TPSA) is 182 Å². The van der Waals surface area contributed by atoms with Crippen molar-refractivity contribution >= 4 is 34.7 Å². The number of aliphatic hydroxyl groups is 3. The minimum atomic E-state index is -2.63. The number of anilines is 1. The van der Waals surface area contributed by atoms with Crippen molar-refractivity contribution in [2.24, 2.45) is 17.6 Å². The molecule has 1 saturated carbocycles. The average molecular weight is 514 g/mol. The molecule has 0 aliphatic heterocycles. The van der Waals surface area contributed by atoms with E-state index in [1.807, 2.05) is 4.90 Å². The Morgan fingerprint density at radius 3 is 2.32 bits per heavy atom. The number of phenols is 1. The van der Waals surface area contributed by atoms with Crippen molar-refractivity contribution in [1.82, 2.24) is 4.90 Å². The molecule has 0 heterocycles. The number of rotatable bonds is 6. The molecular formula is C26H31N3O8. The monoisotopic (exact) mass is 513 g/mol. The van der Waals surface area contributed by atoms with Crippen LogP contribution in [-0.4, -0.2) is 88.9 Å². The average Bonchev–Trinajstić information content (AvgIpc) is 2.79. The van der Waals surface area contributed by atoms with Crippen LogP contribution >= 0.6 is 0 Å². The Kier molecular flexibility index (Phi) is 6.41. The minimum absolute atomic E-state index is 0.0169. The van der Waals surface area contributed by atoms with Crippen LogP contribution in [0.15, 0.2) is 23.0 Å². The summed E-state index contributed by atoms with van der Waals surface area (Å²) in [5.41, 5.74) is 2.47. The van der Waals surface area contributed by atoms with Gasteiger partial charge in [-0.25, -0.2) is 0 Å². The predicted molar refractivity (Wildman–Crippen MR) is 133 cm³/mol. The van der Waals surface area contributed by atoms with Crippen molar-refractivity contribution in [3.05, 3.63) is 39.7 Å². The number of nitrogens with two attached hydrogens (primary N) is 1. The summed E-state index contributed by atoms with van der Waals surface area (Å²) >= 11 is 0. The molecule has 0 spiro atoms. The molecule has 6 N–H and O–H groups in total. The van der Waals surface area contributed by atoms with Crippen LogP contribution in [0.2, 0.25) is 0 Å². The molecule has 3 aliphatic carbocycles. The Hall–Kier alpha value is -3.70. The molecule has 3 aliphatic rings. The van der Waals surface area contributed by atoms with Crippen LogP contribution in [-0.2, 0) is 20.8 Å². The lowest BCUT2D eigenvalue weighted by molar-refractivity contribution is -0.147. The number of fused-ring (bicyclic) bond motifs is 3. The van der Waals surface area contributed by atoms with E-state index in [9.17, 15) is 39.6 Å². The maximum absolute atomic E-state index is 13.7. The number of nitrogens with zero attached hydrogens (tertiary/aromatic N) is 2. The first kappa shape index (κ1) is 26.4. The molecule has 11 heteroatoms. The van der Waals surface area contributed by atoms with Gasteiger partial charge in [-0.2, -0.15) is 0 Å². The fourth-order valence-corrected chi connectivity index (χ4v) is 5.74. The zero-order valence-corrected chi connectivity index (χ0v) is 21.2. The van der Waals surface area contributed by atoms with E-state index >= 15 is 0 Å². The van der Waals surface area contributed by atoms with Crippen molar-refractivity contribution in [2.75, 3.05) is 39.6 Å². The van der Waals surface area contributed by atoms with Gasteiger partial charge in [-0.05, 0) is 44.5 Å². The number of benzene rings is 1. The van der Waals surface area contributed by atoms with Crippen molar-refractivity contribution < 1.29 is 39.6 Å². The van der Waals surface area contributed by atoms with Crippen LogP contribution in [0.5, 0.6) is 5.75 Å². The van der Waals surface area contributed by atoms with Crippen LogP contribution in [0.3, 0.4) is 0 Å². The fraction of sp³-hybridized carbons (Fsp3) is 0.462. The lowest BCUT2D eigenvalue weighted by atomic mass is 9.59. The second-order valence-electron chi connectivity index (χ2n) is 10.4. The van der Waals surface area contributed by atoms with Gasteiger partial charge in [-0.15, -0.1) is 0 Å². The summed E-state index contributed by atoms with van der Waals surface area (Å²) in [7, 11) is 7.10. The normalized spacial score (nSPS) is 25.1. The first-order valence-electron chi connectivity index (χ1n) is 11.9. The summed E-state index contributed by atoms with van der Waals surface area (Å²) in [5.74, 6) is -7.38. The van der Waals surface area contributed by atoms with E-state index in [4.69, 9.17) is 5.73 Å². The zero-order valence-electron chi connectivity index (χ0n) is 21.2. The van der Waals surface area contributed by atoms with Crippen molar-refractivity contribution in [3.63, 3.8) is 0 Å². The van der Waals surface area contributed by atoms with E-state index in [0.29, 0.717) is 17.8 Å². The lowest BCUT2D eigenvalue weighted by Crippen LogP contribution is -2.58. The van der Waals surface area contributed by atoms with Gasteiger partial charge in [0.15, 0.2) is 17.2 Å². The molecule has 3 atom stereocenters. The van der Waals surface area contributed by atoms with E-state index in [1.165, 1.54) is 0 Å². The largest absolute Gasteiger partial charge is 0.508 e. The predicted octanol–water partition coefficient (Wildman–Crippen LogP) is 0.624. The molecule has 1 amide bonds. The van der Waals surface area contributed by atoms with Crippen LogP contribution < -0.4 is 10.6 Å². The van der Waals surface area contributed by atoms with Gasteiger partial charge >= 0.3 is 0 Å². The molecule has 11 nitrogen and oxygen atoms in total. The first-order chi connectivity index (χ1) is 17.2. The van der Waals surface area contributed by atoms with Gasteiger partial charge in [0.25, 0.3) is 5.91 Å². The number of aromatic hydroxyl groups is 1. The van der Waals surface area contributed by atoms with Gasteiger partial charge in [0, 0.05) is 50.7 Å². The number of carbonyl (C=O) groups is 4. The summed E-state index contributed by atoms with van der Waals surface area (Å²) in [6, 6.07) is 1.56. The molecule has 1 aromatic carbocycles. The Morgan fingerprint density at radius 2 is 1.76 bits per heavy atom. The molecule has 37 heavy (non-hydrogen) atoms. The maximum Gasteiger partial charge on any atom is 0.255 e. The number of ketones is 3. The van der Waals surface area contributed by atoms with Crippen LogP contribution in [0, 0.1) is 11.8 Å². The molecule has 4 rings (SSSR count). The third-order valence-corrected chi connectivity index (χ3v) is 7.61. The van der Waals surface area contributed by atoms with Crippen molar-refractivity contribution in [1.29, 1.82) is 0 Å². The quantitative estimate of drug-likeness (QED) is 0.267. The second kappa shape index (κ2) is 9.00. The second-order valence-corrected chi connectivity index (χ2v) is 10.4. The molecule has 0 aromatic heterocycles. The Morgan fingerprint density at radius 1 is 1.11 bits per heavy atom. The molecule has 0 radical (unpaired) electrons. The number of phenolic OH excluding ortho intramolecular Hbond substituents is 1. The van der Waals surface area contributed by atoms with E-state index in [0.717, 1.165) is 0 Å². The highest BCUT2D eigenvalue weighted by molar-refractivity contribution is 6.22. The number of Topliss-reactive ketones (excluding diaryl/α,β-unsaturated/α-hetero) is 3. The van der Waals surface area contributed by atoms with Crippen LogP contribution in [0.4, 0.5) is 5.69 Å². The van der Waals surface area contributed by atoms with Gasteiger partial charge in [0.05, 0.1) is 11.1 Å². The zero-order chi connectivity index (χ0) is 27.6. The summed E-state index contributed by atoms with van der Waals surface area (Å²) < 4.78 is 0. The lowest BCUT2D eigenvalue weighted by Gasteiger charge is -2.46. The van der Waals surface area contributed by atoms with E-state index < -0.39 is 57.8 Å². The van der Waals surface area contributed by atoms with Gasteiger partial charge in [0.1, 0.15) is 22.8 Å². The van der Waals surface area contributed by atoms with Crippen LogP contribution in [0.25, 0.3) is 5.76 Å². The highest BCUT2D eigenvalue weighted by atomic mass is 16.3. The summed E-state index contributed by atoms with van der Waals surface area (Å²) in [4.78, 5) is 54.4. The van der Waals surface area contributed by atoms with Gasteiger partial charge in [-0.1, -0.05) is 0 Å². The van der Waals surface area contributed by atoms with Crippen LogP contribution in [0.1, 0.15) is 40.7 Å². The fourth-order valence-electron chi connectivity index (χ4n) is 5.74. The highest BCUT2D eigenvalue weighted by Crippen LogP contribution is 2.53. The van der Waals surface area contributed by atoms with Crippen molar-refractivity contribution in [3.8, 4) is 5.75 Å². The third-order valence-electron chi connectivity index (χ3n) is 7.61. The smallest absolute Gasteiger partial charge is 0.255 e. The number of amides is 1. The Bertz CT molecular complexity index is 1310. The van der Waals surface area contributed by atoms with Gasteiger partial charge in [-0.3, -0.25) is 19.2 Å². The number of aliphatic hydroxyl groups excluding tert-OH is 2. The maximum atomic E-state index is 13.7. The highest BCUT2D eigenvalue weighted by Gasteiger charge is 2.60. The summed E-state index contributed by atoms with van der Waals surface area (Å²) in [6.07, 6.45) is -0.0656. The third kappa shape index (κ3) is 3.89. The molecular weight excluding hydrogens is 482 g/mol. The molecule has 1 aromatic rings. The number of carbonyl (C=O) groups excluding carboxylic acids is 4.